The molecule has 0 unspecified atom stereocenters. The lowest BCUT2D eigenvalue weighted by Crippen LogP contribution is -2.01. The third-order valence-electron chi connectivity index (χ3n) is 9.50. The Morgan fingerprint density at radius 3 is 1.62 bits per heavy atom. The van der Waals surface area contributed by atoms with Gasteiger partial charge in [0, 0.05) is 49.8 Å². The molecule has 5 nitrogen and oxygen atoms in total. The minimum atomic E-state index is 0.624. The summed E-state index contributed by atoms with van der Waals surface area (Å²) in [6, 6.07) is 56.4. The Morgan fingerprint density at radius 2 is 0.900 bits per heavy atom. The van der Waals surface area contributed by atoms with E-state index >= 15 is 0 Å². The summed E-state index contributed by atoms with van der Waals surface area (Å²) in [7, 11) is 0. The van der Waals surface area contributed by atoms with Crippen molar-refractivity contribution in [2.75, 3.05) is 5.32 Å². The molecule has 0 saturated heterocycles. The molecule has 0 spiro atoms. The summed E-state index contributed by atoms with van der Waals surface area (Å²) in [6.45, 7) is 0. The number of hydrogen-bond donors (Lipinski definition) is 1. The molecule has 0 bridgehead atoms. The van der Waals surface area contributed by atoms with Gasteiger partial charge in [-0.25, -0.2) is 15.0 Å². The minimum absolute atomic E-state index is 0.624. The van der Waals surface area contributed by atoms with Crippen molar-refractivity contribution in [1.29, 1.82) is 0 Å². The highest BCUT2D eigenvalue weighted by atomic mass is 16.3. The fourth-order valence-corrected chi connectivity index (χ4v) is 7.18. The Bertz CT molecular complexity index is 2680. The molecule has 0 radical (unpaired) electrons. The van der Waals surface area contributed by atoms with E-state index in [-0.39, 0.29) is 0 Å². The predicted molar refractivity (Wildman–Crippen MR) is 203 cm³/mol. The van der Waals surface area contributed by atoms with Gasteiger partial charge in [0.05, 0.1) is 5.69 Å². The number of furan rings is 1. The predicted octanol–water partition coefficient (Wildman–Crippen LogP) is 11.8. The van der Waals surface area contributed by atoms with E-state index in [2.05, 4.69) is 90.2 Å². The average Bonchev–Trinajstić information content (AvgIpc) is 3.51. The fraction of sp³-hybridized carbons (Fsp3) is 0. The third kappa shape index (κ3) is 4.60. The van der Waals surface area contributed by atoms with Gasteiger partial charge in [-0.2, -0.15) is 0 Å². The van der Waals surface area contributed by atoms with E-state index in [9.17, 15) is 0 Å². The molecule has 9 aromatic rings. The summed E-state index contributed by atoms with van der Waals surface area (Å²) in [5, 5.41) is 6.11. The van der Waals surface area contributed by atoms with E-state index in [1.54, 1.807) is 0 Å². The number of anilines is 2. The van der Waals surface area contributed by atoms with Crippen molar-refractivity contribution in [1.82, 2.24) is 15.0 Å². The van der Waals surface area contributed by atoms with Crippen LogP contribution in [0.25, 0.3) is 89.5 Å². The molecule has 10 rings (SSSR count). The zero-order valence-electron chi connectivity index (χ0n) is 26.8. The van der Waals surface area contributed by atoms with Crippen LogP contribution in [0.2, 0.25) is 0 Å². The monoisotopic (exact) mass is 640 g/mol. The molecule has 1 aliphatic heterocycles. The average molecular weight is 641 g/mol. The van der Waals surface area contributed by atoms with Gasteiger partial charge in [-0.15, -0.1) is 0 Å². The van der Waals surface area contributed by atoms with Crippen LogP contribution in [0.1, 0.15) is 0 Å². The number of rotatable bonds is 4. The summed E-state index contributed by atoms with van der Waals surface area (Å²) in [6.07, 6.45) is 0. The standard InChI is InChI=1S/C45H28N4O/c1-3-13-28(14-4-1)43-47-44(29-15-5-2-6-16-29)49-45(48-43)30-25-26-38-37(27-30)32-18-8-7-17-31(32)34-21-11-22-35(42(34)46-38)33-20-12-24-40-41(33)36-19-9-10-23-39(36)50-40/h1-27,46H. The molecule has 0 atom stereocenters. The number of fused-ring (bicyclic) bond motifs is 8. The quantitative estimate of drug-likeness (QED) is 0.207. The summed E-state index contributed by atoms with van der Waals surface area (Å²) in [5.74, 6) is 1.90. The Labute approximate surface area is 288 Å². The van der Waals surface area contributed by atoms with Crippen molar-refractivity contribution in [3.8, 4) is 67.5 Å². The normalized spacial score (nSPS) is 11.8. The first-order valence-corrected chi connectivity index (χ1v) is 16.7. The van der Waals surface area contributed by atoms with E-state index in [0.717, 1.165) is 83.4 Å². The zero-order valence-corrected chi connectivity index (χ0v) is 26.8. The van der Waals surface area contributed by atoms with Crippen molar-refractivity contribution in [2.24, 2.45) is 0 Å². The van der Waals surface area contributed by atoms with Crippen molar-refractivity contribution in [3.05, 3.63) is 164 Å². The van der Waals surface area contributed by atoms with E-state index in [1.165, 1.54) is 0 Å². The van der Waals surface area contributed by atoms with Gasteiger partial charge >= 0.3 is 0 Å². The second-order valence-electron chi connectivity index (χ2n) is 12.5. The molecule has 0 saturated carbocycles. The molecule has 5 heteroatoms. The third-order valence-corrected chi connectivity index (χ3v) is 9.50. The number of hydrogen-bond acceptors (Lipinski definition) is 5. The Hall–Kier alpha value is -6.85. The summed E-state index contributed by atoms with van der Waals surface area (Å²) >= 11 is 0. The molecule has 7 aromatic carbocycles. The molecule has 234 valence electrons. The van der Waals surface area contributed by atoms with E-state index in [4.69, 9.17) is 19.4 Å². The van der Waals surface area contributed by atoms with Crippen LogP contribution in [0, 0.1) is 0 Å². The first kappa shape index (κ1) is 28.2. The van der Waals surface area contributed by atoms with Crippen LogP contribution < -0.4 is 5.32 Å². The highest BCUT2D eigenvalue weighted by Crippen LogP contribution is 2.49. The highest BCUT2D eigenvalue weighted by molar-refractivity contribution is 6.15. The topological polar surface area (TPSA) is 63.8 Å². The second kappa shape index (κ2) is 11.4. The van der Waals surface area contributed by atoms with Crippen LogP contribution in [0.15, 0.2) is 168 Å². The number of benzene rings is 7. The van der Waals surface area contributed by atoms with Gasteiger partial charge in [-0.05, 0) is 47.0 Å². The maximum Gasteiger partial charge on any atom is 0.164 e. The molecular weight excluding hydrogens is 613 g/mol. The first-order valence-electron chi connectivity index (χ1n) is 16.7. The van der Waals surface area contributed by atoms with Crippen molar-refractivity contribution >= 4 is 33.3 Å². The molecule has 0 amide bonds. The van der Waals surface area contributed by atoms with Gasteiger partial charge in [0.1, 0.15) is 11.2 Å². The van der Waals surface area contributed by atoms with Crippen LogP contribution in [0.3, 0.4) is 0 Å². The van der Waals surface area contributed by atoms with Crippen molar-refractivity contribution in [2.45, 2.75) is 0 Å². The van der Waals surface area contributed by atoms with E-state index in [1.807, 2.05) is 78.9 Å². The van der Waals surface area contributed by atoms with Gasteiger partial charge < -0.3 is 9.73 Å². The van der Waals surface area contributed by atoms with Crippen molar-refractivity contribution in [3.63, 3.8) is 0 Å². The maximum atomic E-state index is 6.29. The molecule has 1 aliphatic rings. The molecular formula is C45H28N4O. The number of nitrogens with one attached hydrogen (secondary N) is 1. The van der Waals surface area contributed by atoms with Gasteiger partial charge in [-0.3, -0.25) is 0 Å². The lowest BCUT2D eigenvalue weighted by molar-refractivity contribution is 0.669. The Balaban J connectivity index is 1.16. The van der Waals surface area contributed by atoms with E-state index in [0.29, 0.717) is 17.5 Å². The van der Waals surface area contributed by atoms with Crippen molar-refractivity contribution < 1.29 is 4.42 Å². The summed E-state index contributed by atoms with van der Waals surface area (Å²) in [4.78, 5) is 14.9. The lowest BCUT2D eigenvalue weighted by Gasteiger charge is -2.17. The smallest absolute Gasteiger partial charge is 0.164 e. The van der Waals surface area contributed by atoms with Crippen LogP contribution >= 0.6 is 0 Å². The lowest BCUT2D eigenvalue weighted by atomic mass is 9.91. The number of aromatic nitrogens is 3. The fourth-order valence-electron chi connectivity index (χ4n) is 7.18. The Kier molecular flexibility index (Phi) is 6.42. The van der Waals surface area contributed by atoms with Crippen LogP contribution in [0.5, 0.6) is 0 Å². The molecule has 1 N–H and O–H groups in total. The maximum absolute atomic E-state index is 6.29. The SMILES string of the molecule is c1ccc(-c2nc(-c3ccccc3)nc(-c3ccc4c(c3)-c3ccccc3-c3cccc(-c5cccc6oc7ccccc7c56)c3N4)n2)cc1. The number of para-hydroxylation sites is 2. The molecule has 3 heterocycles. The molecule has 50 heavy (non-hydrogen) atoms. The van der Waals surface area contributed by atoms with Gasteiger partial charge in [-0.1, -0.05) is 133 Å². The highest BCUT2D eigenvalue weighted by Gasteiger charge is 2.24. The Morgan fingerprint density at radius 1 is 0.380 bits per heavy atom. The minimum Gasteiger partial charge on any atom is -0.456 e. The summed E-state index contributed by atoms with van der Waals surface area (Å²) < 4.78 is 6.29. The zero-order chi connectivity index (χ0) is 33.0. The molecule has 2 aromatic heterocycles. The van der Waals surface area contributed by atoms with Crippen LogP contribution in [-0.4, -0.2) is 15.0 Å². The van der Waals surface area contributed by atoms with Gasteiger partial charge in [0.25, 0.3) is 0 Å². The molecule has 0 aliphatic carbocycles. The molecule has 0 fully saturated rings. The second-order valence-corrected chi connectivity index (χ2v) is 12.5. The van der Waals surface area contributed by atoms with Gasteiger partial charge in [0.2, 0.25) is 0 Å². The largest absolute Gasteiger partial charge is 0.456 e. The van der Waals surface area contributed by atoms with Gasteiger partial charge in [0.15, 0.2) is 17.5 Å². The first-order chi connectivity index (χ1) is 24.8. The number of nitrogens with zero attached hydrogens (tertiary/aromatic N) is 3. The summed E-state index contributed by atoms with van der Waals surface area (Å²) in [5.41, 5.74) is 13.4. The van der Waals surface area contributed by atoms with E-state index < -0.39 is 0 Å². The van der Waals surface area contributed by atoms with Crippen LogP contribution in [0.4, 0.5) is 11.4 Å². The van der Waals surface area contributed by atoms with Crippen LogP contribution in [-0.2, 0) is 0 Å².